The first-order valence-corrected chi connectivity index (χ1v) is 10.6. The minimum Gasteiger partial charge on any atom is -0.487 e. The maximum atomic E-state index is 6.48. The van der Waals surface area contributed by atoms with Gasteiger partial charge in [0.15, 0.2) is 5.96 Å². The molecule has 2 fully saturated rings. The number of rotatable bonds is 4. The number of ether oxygens (including phenoxy) is 3. The quantitative estimate of drug-likeness (QED) is 0.363. The molecule has 1 atom stereocenters. The van der Waals surface area contributed by atoms with Gasteiger partial charge in [-0.25, -0.2) is 0 Å². The van der Waals surface area contributed by atoms with Gasteiger partial charge in [-0.3, -0.25) is 4.99 Å². The second kappa shape index (κ2) is 9.83. The average molecular weight is 515 g/mol. The maximum absolute atomic E-state index is 6.48. The fourth-order valence-electron chi connectivity index (χ4n) is 4.87. The molecule has 0 aromatic heterocycles. The molecular formula is C22H34IN3O3. The Kier molecular flexibility index (Phi) is 7.67. The van der Waals surface area contributed by atoms with Crippen LogP contribution in [0.1, 0.15) is 56.6 Å². The lowest BCUT2D eigenvalue weighted by molar-refractivity contribution is -0.0856. The van der Waals surface area contributed by atoms with Crippen molar-refractivity contribution in [1.29, 1.82) is 0 Å². The zero-order valence-electron chi connectivity index (χ0n) is 17.5. The van der Waals surface area contributed by atoms with Gasteiger partial charge >= 0.3 is 0 Å². The molecule has 6 nitrogen and oxygen atoms in total. The van der Waals surface area contributed by atoms with Gasteiger partial charge < -0.3 is 24.8 Å². The van der Waals surface area contributed by atoms with Gasteiger partial charge in [0.05, 0.1) is 11.6 Å². The molecule has 29 heavy (non-hydrogen) atoms. The molecule has 2 aliphatic heterocycles. The smallest absolute Gasteiger partial charge is 0.191 e. The average Bonchev–Trinajstić information content (AvgIpc) is 3.19. The number of halogens is 1. The predicted octanol–water partition coefficient (Wildman–Crippen LogP) is 3.80. The third kappa shape index (κ3) is 4.99. The molecule has 2 N–H and O–H groups in total. The van der Waals surface area contributed by atoms with E-state index in [9.17, 15) is 0 Å². The summed E-state index contributed by atoms with van der Waals surface area (Å²) in [4.78, 5) is 4.49. The Bertz CT molecular complexity index is 700. The lowest BCUT2D eigenvalue weighted by Gasteiger charge is -2.41. The van der Waals surface area contributed by atoms with Crippen molar-refractivity contribution in [3.8, 4) is 5.75 Å². The van der Waals surface area contributed by atoms with E-state index in [1.807, 2.05) is 7.05 Å². The van der Waals surface area contributed by atoms with Crippen molar-refractivity contribution in [2.24, 2.45) is 4.99 Å². The zero-order valence-corrected chi connectivity index (χ0v) is 19.9. The number of hydrogen-bond donors (Lipinski definition) is 2. The van der Waals surface area contributed by atoms with Crippen LogP contribution in [0, 0.1) is 0 Å². The summed E-state index contributed by atoms with van der Waals surface area (Å²) in [6.07, 6.45) is 7.55. The van der Waals surface area contributed by atoms with Crippen LogP contribution in [-0.4, -0.2) is 51.1 Å². The highest BCUT2D eigenvalue weighted by molar-refractivity contribution is 14.0. The first kappa shape index (κ1) is 22.6. The van der Waals surface area contributed by atoms with E-state index in [0.717, 1.165) is 63.6 Å². The first-order valence-electron chi connectivity index (χ1n) is 10.6. The third-order valence-electron chi connectivity index (χ3n) is 6.66. The number of fused-ring (bicyclic) bond motifs is 1. The van der Waals surface area contributed by atoms with E-state index in [1.54, 1.807) is 7.11 Å². The summed E-state index contributed by atoms with van der Waals surface area (Å²) in [5.41, 5.74) is 1.01. The monoisotopic (exact) mass is 515 g/mol. The number of guanidine groups is 1. The highest BCUT2D eigenvalue weighted by Crippen LogP contribution is 2.46. The molecule has 0 radical (unpaired) electrons. The summed E-state index contributed by atoms with van der Waals surface area (Å²) in [7, 11) is 3.62. The Morgan fingerprint density at radius 2 is 1.90 bits per heavy atom. The molecule has 7 heteroatoms. The molecule has 3 aliphatic rings. The Hall–Kier alpha value is -1.06. The van der Waals surface area contributed by atoms with Gasteiger partial charge in [0, 0.05) is 58.7 Å². The molecule has 1 aromatic carbocycles. The molecule has 1 saturated heterocycles. The van der Waals surface area contributed by atoms with Gasteiger partial charge in [-0.15, -0.1) is 24.0 Å². The number of nitrogens with zero attached hydrogens (tertiary/aromatic N) is 1. The van der Waals surface area contributed by atoms with Crippen molar-refractivity contribution in [2.45, 2.75) is 62.2 Å². The molecule has 1 unspecified atom stereocenters. The van der Waals surface area contributed by atoms with E-state index in [2.05, 4.69) is 39.9 Å². The van der Waals surface area contributed by atoms with Crippen LogP contribution < -0.4 is 15.4 Å². The number of para-hydroxylation sites is 1. The van der Waals surface area contributed by atoms with Crippen LogP contribution in [0.25, 0.3) is 0 Å². The molecule has 0 bridgehead atoms. The fourth-order valence-corrected chi connectivity index (χ4v) is 4.87. The van der Waals surface area contributed by atoms with Crippen molar-refractivity contribution < 1.29 is 14.2 Å². The fraction of sp³-hybridized carbons (Fsp3) is 0.682. The summed E-state index contributed by atoms with van der Waals surface area (Å²) in [5.74, 6) is 1.83. The second-order valence-electron chi connectivity index (χ2n) is 8.36. The summed E-state index contributed by atoms with van der Waals surface area (Å²) < 4.78 is 17.8. The van der Waals surface area contributed by atoms with E-state index in [-0.39, 0.29) is 41.2 Å². The number of aliphatic imine (C=N–C) groups is 1. The first-order chi connectivity index (χ1) is 13.7. The van der Waals surface area contributed by atoms with E-state index in [1.165, 1.54) is 18.4 Å². The van der Waals surface area contributed by atoms with Crippen LogP contribution in [0.3, 0.4) is 0 Å². The topological polar surface area (TPSA) is 64.1 Å². The Labute approximate surface area is 191 Å². The minimum atomic E-state index is -0.184. The van der Waals surface area contributed by atoms with E-state index < -0.39 is 0 Å². The van der Waals surface area contributed by atoms with Gasteiger partial charge in [0.25, 0.3) is 0 Å². The Balaban J connectivity index is 0.00000240. The summed E-state index contributed by atoms with van der Waals surface area (Å²) in [6, 6.07) is 8.60. The van der Waals surface area contributed by atoms with Gasteiger partial charge in [-0.2, -0.15) is 0 Å². The summed E-state index contributed by atoms with van der Waals surface area (Å²) >= 11 is 0. The molecule has 1 spiro atoms. The molecule has 2 heterocycles. The van der Waals surface area contributed by atoms with Crippen LogP contribution in [-0.2, 0) is 9.47 Å². The molecule has 0 amide bonds. The van der Waals surface area contributed by atoms with Gasteiger partial charge in [-0.1, -0.05) is 18.2 Å². The zero-order chi connectivity index (χ0) is 19.5. The number of methoxy groups -OCH3 is 1. The highest BCUT2D eigenvalue weighted by Gasteiger charge is 2.43. The molecule has 1 aliphatic carbocycles. The normalized spacial score (nSPS) is 24.9. The van der Waals surface area contributed by atoms with Crippen molar-refractivity contribution in [3.63, 3.8) is 0 Å². The number of hydrogen-bond acceptors (Lipinski definition) is 4. The second-order valence-corrected chi connectivity index (χ2v) is 8.36. The van der Waals surface area contributed by atoms with Crippen molar-refractivity contribution in [1.82, 2.24) is 10.6 Å². The predicted molar refractivity (Wildman–Crippen MR) is 125 cm³/mol. The SMILES string of the molecule is CN=C(NCC1(OC)CCOCC1)NC1CC2(CCCC2)Oc2ccccc21.I. The van der Waals surface area contributed by atoms with Gasteiger partial charge in [0.1, 0.15) is 11.4 Å². The van der Waals surface area contributed by atoms with Crippen molar-refractivity contribution >= 4 is 29.9 Å². The lowest BCUT2D eigenvalue weighted by Crippen LogP contribution is -2.52. The molecular weight excluding hydrogens is 481 g/mol. The number of benzene rings is 1. The minimum absolute atomic E-state index is 0. The van der Waals surface area contributed by atoms with Crippen LogP contribution in [0.4, 0.5) is 0 Å². The third-order valence-corrected chi connectivity index (χ3v) is 6.66. The van der Waals surface area contributed by atoms with Gasteiger partial charge in [-0.05, 0) is 31.7 Å². The van der Waals surface area contributed by atoms with Crippen LogP contribution in [0.5, 0.6) is 5.75 Å². The molecule has 162 valence electrons. The largest absolute Gasteiger partial charge is 0.487 e. The number of nitrogens with one attached hydrogen (secondary N) is 2. The molecule has 1 saturated carbocycles. The lowest BCUT2D eigenvalue weighted by atomic mass is 9.86. The maximum Gasteiger partial charge on any atom is 0.191 e. The summed E-state index contributed by atoms with van der Waals surface area (Å²) in [6.45, 7) is 2.22. The van der Waals surface area contributed by atoms with Gasteiger partial charge in [0.2, 0.25) is 0 Å². The van der Waals surface area contributed by atoms with E-state index in [4.69, 9.17) is 14.2 Å². The van der Waals surface area contributed by atoms with Crippen molar-refractivity contribution in [3.05, 3.63) is 29.8 Å². The van der Waals surface area contributed by atoms with Crippen LogP contribution in [0.15, 0.2) is 29.3 Å². The summed E-state index contributed by atoms with van der Waals surface area (Å²) in [5, 5.41) is 7.17. The standard InChI is InChI=1S/C22H33N3O3.HI/c1-23-20(24-16-22(26-2)11-13-27-14-12-22)25-18-15-21(9-5-6-10-21)28-19-8-4-3-7-17(18)19;/h3-4,7-8,18H,5-6,9-16H2,1-2H3,(H2,23,24,25);1H. The van der Waals surface area contributed by atoms with E-state index in [0.29, 0.717) is 0 Å². The highest BCUT2D eigenvalue weighted by atomic mass is 127. The molecule has 4 rings (SSSR count). The van der Waals surface area contributed by atoms with Crippen LogP contribution >= 0.6 is 24.0 Å². The molecule has 1 aromatic rings. The van der Waals surface area contributed by atoms with Crippen molar-refractivity contribution in [2.75, 3.05) is 33.9 Å². The Morgan fingerprint density at radius 3 is 2.59 bits per heavy atom. The van der Waals surface area contributed by atoms with Crippen LogP contribution in [0.2, 0.25) is 0 Å². The Morgan fingerprint density at radius 1 is 1.17 bits per heavy atom. The van der Waals surface area contributed by atoms with E-state index >= 15 is 0 Å².